The van der Waals surface area contributed by atoms with Gasteiger partial charge in [-0.2, -0.15) is 0 Å². The Labute approximate surface area is 317 Å². The van der Waals surface area contributed by atoms with Gasteiger partial charge in [-0.1, -0.05) is 158 Å². The first-order chi connectivity index (χ1) is 27.3. The summed E-state index contributed by atoms with van der Waals surface area (Å²) in [6, 6.07) is 70.7. The molecule has 8 aromatic carbocycles. The first kappa shape index (κ1) is 30.2. The van der Waals surface area contributed by atoms with E-state index in [9.17, 15) is 0 Å². The topological polar surface area (TPSA) is 35.1 Å². The molecule has 0 amide bonds. The van der Waals surface area contributed by atoms with Crippen LogP contribution in [0.25, 0.3) is 77.3 Å². The molecular weight excluding hydrogens is 669 g/mol. The van der Waals surface area contributed by atoms with Crippen LogP contribution in [0.15, 0.2) is 194 Å². The Morgan fingerprint density at radius 3 is 1.51 bits per heavy atom. The van der Waals surface area contributed by atoms with E-state index < -0.39 is 5.41 Å². The van der Waals surface area contributed by atoms with Crippen LogP contribution in [0.1, 0.15) is 22.3 Å². The first-order valence-corrected chi connectivity index (χ1v) is 18.8. The molecule has 11 aromatic rings. The summed E-state index contributed by atoms with van der Waals surface area (Å²) < 4.78 is 4.67. The second kappa shape index (κ2) is 11.3. The molecule has 4 heteroatoms. The van der Waals surface area contributed by atoms with Crippen molar-refractivity contribution in [1.29, 1.82) is 0 Å². The van der Waals surface area contributed by atoms with Crippen molar-refractivity contribution in [3.05, 3.63) is 216 Å². The number of benzene rings is 8. The third-order valence-electron chi connectivity index (χ3n) is 11.9. The highest BCUT2D eigenvalue weighted by Crippen LogP contribution is 2.57. The van der Waals surface area contributed by atoms with E-state index in [4.69, 9.17) is 10.2 Å². The van der Waals surface area contributed by atoms with Crippen LogP contribution in [0.3, 0.4) is 0 Å². The Hall–Kier alpha value is -7.30. The molecule has 0 saturated heterocycles. The Morgan fingerprint density at radius 1 is 0.382 bits per heavy atom. The summed E-state index contributed by atoms with van der Waals surface area (Å²) in [6.45, 7) is 0. The smallest absolute Gasteiger partial charge is 0.169 e. The number of rotatable bonds is 4. The lowest BCUT2D eigenvalue weighted by atomic mass is 9.67. The standard InChI is InChI=1S/C51H32N4/c1-3-15-34(16-4-1)51(35-17-5-2-6-18-35)44-31-33(49-52-53-50-43-23-8-7-19-37(43)40-20-9-14-26-48(40)55(49)50)27-29-38(44)39-30-28-36(32-45(39)51)54-46-24-12-10-21-41(46)42-22-11-13-25-47(42)54/h1-32H. The molecular formula is C51H32N4. The number of aromatic nitrogens is 4. The molecule has 0 spiro atoms. The fourth-order valence-electron chi connectivity index (χ4n) is 9.64. The minimum Gasteiger partial charge on any atom is -0.309 e. The average molecular weight is 701 g/mol. The van der Waals surface area contributed by atoms with Crippen LogP contribution >= 0.6 is 0 Å². The van der Waals surface area contributed by atoms with Crippen molar-refractivity contribution < 1.29 is 0 Å². The zero-order valence-electron chi connectivity index (χ0n) is 29.8. The molecule has 12 rings (SSSR count). The van der Waals surface area contributed by atoms with E-state index in [1.165, 1.54) is 66.0 Å². The normalized spacial score (nSPS) is 13.2. The third-order valence-corrected chi connectivity index (χ3v) is 11.9. The van der Waals surface area contributed by atoms with Crippen molar-refractivity contribution in [3.63, 3.8) is 0 Å². The quantitative estimate of drug-likeness (QED) is 0.171. The lowest BCUT2D eigenvalue weighted by molar-refractivity contribution is 0.767. The first-order valence-electron chi connectivity index (χ1n) is 18.8. The van der Waals surface area contributed by atoms with E-state index in [0.29, 0.717) is 0 Å². The van der Waals surface area contributed by atoms with Gasteiger partial charge in [-0.25, -0.2) is 0 Å². The van der Waals surface area contributed by atoms with Crippen LogP contribution < -0.4 is 0 Å². The highest BCUT2D eigenvalue weighted by atomic mass is 15.2. The molecule has 0 saturated carbocycles. The average Bonchev–Trinajstić information content (AvgIpc) is 3.94. The molecule has 0 fully saturated rings. The maximum Gasteiger partial charge on any atom is 0.169 e. The molecule has 256 valence electrons. The maximum absolute atomic E-state index is 4.95. The van der Waals surface area contributed by atoms with Gasteiger partial charge in [0.1, 0.15) is 0 Å². The van der Waals surface area contributed by atoms with Crippen LogP contribution in [0.5, 0.6) is 0 Å². The predicted octanol–water partition coefficient (Wildman–Crippen LogP) is 12.2. The minimum atomic E-state index is -0.604. The predicted molar refractivity (Wildman–Crippen MR) is 225 cm³/mol. The summed E-state index contributed by atoms with van der Waals surface area (Å²) in [4.78, 5) is 0. The van der Waals surface area contributed by atoms with Gasteiger partial charge in [0, 0.05) is 32.8 Å². The van der Waals surface area contributed by atoms with Gasteiger partial charge in [-0.05, 0) is 75.2 Å². The highest BCUT2D eigenvalue weighted by molar-refractivity contribution is 6.12. The van der Waals surface area contributed by atoms with Crippen molar-refractivity contribution >= 4 is 49.1 Å². The number of para-hydroxylation sites is 3. The van der Waals surface area contributed by atoms with E-state index in [1.807, 2.05) is 0 Å². The molecule has 0 atom stereocenters. The van der Waals surface area contributed by atoms with Crippen molar-refractivity contribution in [1.82, 2.24) is 19.2 Å². The lowest BCUT2D eigenvalue weighted by Gasteiger charge is -2.34. The van der Waals surface area contributed by atoms with Gasteiger partial charge >= 0.3 is 0 Å². The Kier molecular flexibility index (Phi) is 6.23. The van der Waals surface area contributed by atoms with Crippen molar-refractivity contribution in [3.8, 4) is 28.2 Å². The summed E-state index contributed by atoms with van der Waals surface area (Å²) in [6.07, 6.45) is 0. The SMILES string of the molecule is c1ccc(C2(c3ccccc3)c3cc(-c4nnc5c6ccccc6c6ccccc6n45)ccc3-c3ccc(-n4c5ccccc5c5ccccc54)cc32)cc1. The van der Waals surface area contributed by atoms with Gasteiger partial charge in [0.2, 0.25) is 0 Å². The number of fused-ring (bicyclic) bond motifs is 12. The summed E-state index contributed by atoms with van der Waals surface area (Å²) in [5.74, 6) is 0.830. The molecule has 0 N–H and O–H groups in total. The summed E-state index contributed by atoms with van der Waals surface area (Å²) in [5.41, 5.74) is 13.3. The van der Waals surface area contributed by atoms with E-state index in [2.05, 4.69) is 203 Å². The fourth-order valence-corrected chi connectivity index (χ4v) is 9.64. The second-order valence-corrected chi connectivity index (χ2v) is 14.6. The van der Waals surface area contributed by atoms with Crippen LogP contribution in [0.4, 0.5) is 0 Å². The van der Waals surface area contributed by atoms with E-state index in [0.717, 1.165) is 33.6 Å². The summed E-state index contributed by atoms with van der Waals surface area (Å²) in [7, 11) is 0. The van der Waals surface area contributed by atoms with Crippen LogP contribution in [-0.2, 0) is 5.41 Å². The lowest BCUT2D eigenvalue weighted by Crippen LogP contribution is -2.28. The number of nitrogens with zero attached hydrogens (tertiary/aromatic N) is 4. The van der Waals surface area contributed by atoms with Gasteiger partial charge in [-0.3, -0.25) is 4.40 Å². The van der Waals surface area contributed by atoms with Gasteiger partial charge in [0.05, 0.1) is 22.0 Å². The monoisotopic (exact) mass is 700 g/mol. The number of hydrogen-bond acceptors (Lipinski definition) is 2. The number of pyridine rings is 1. The Balaban J connectivity index is 1.17. The van der Waals surface area contributed by atoms with Crippen molar-refractivity contribution in [2.75, 3.05) is 0 Å². The molecule has 3 heterocycles. The molecule has 0 aliphatic heterocycles. The molecule has 0 bridgehead atoms. The number of hydrogen-bond donors (Lipinski definition) is 0. The summed E-state index contributed by atoms with van der Waals surface area (Å²) in [5, 5.41) is 15.8. The molecule has 4 nitrogen and oxygen atoms in total. The fraction of sp³-hybridized carbons (Fsp3) is 0.0196. The molecule has 1 aliphatic carbocycles. The van der Waals surface area contributed by atoms with Gasteiger partial charge in [-0.15, -0.1) is 10.2 Å². The zero-order chi connectivity index (χ0) is 36.1. The zero-order valence-corrected chi connectivity index (χ0v) is 29.8. The van der Waals surface area contributed by atoms with E-state index in [-0.39, 0.29) is 0 Å². The summed E-state index contributed by atoms with van der Waals surface area (Å²) >= 11 is 0. The maximum atomic E-state index is 4.95. The molecule has 1 aliphatic rings. The van der Waals surface area contributed by atoms with Crippen LogP contribution in [0.2, 0.25) is 0 Å². The third kappa shape index (κ3) is 4.05. The van der Waals surface area contributed by atoms with Gasteiger partial charge < -0.3 is 4.57 Å². The molecule has 0 unspecified atom stereocenters. The molecule has 0 radical (unpaired) electrons. The van der Waals surface area contributed by atoms with Crippen molar-refractivity contribution in [2.45, 2.75) is 5.41 Å². The molecule has 3 aromatic heterocycles. The Morgan fingerprint density at radius 2 is 0.873 bits per heavy atom. The highest BCUT2D eigenvalue weighted by Gasteiger charge is 2.46. The van der Waals surface area contributed by atoms with Crippen LogP contribution in [-0.4, -0.2) is 19.2 Å². The Bertz CT molecular complexity index is 3230. The van der Waals surface area contributed by atoms with Crippen molar-refractivity contribution in [2.24, 2.45) is 0 Å². The largest absolute Gasteiger partial charge is 0.309 e. The second-order valence-electron chi connectivity index (χ2n) is 14.6. The minimum absolute atomic E-state index is 0.604. The van der Waals surface area contributed by atoms with E-state index >= 15 is 0 Å². The van der Waals surface area contributed by atoms with Gasteiger partial charge in [0.15, 0.2) is 11.5 Å². The van der Waals surface area contributed by atoms with Crippen LogP contribution in [0, 0.1) is 0 Å². The van der Waals surface area contributed by atoms with Gasteiger partial charge in [0.25, 0.3) is 0 Å². The molecule has 55 heavy (non-hydrogen) atoms. The van der Waals surface area contributed by atoms with E-state index in [1.54, 1.807) is 0 Å².